The van der Waals surface area contributed by atoms with Crippen molar-refractivity contribution in [1.29, 1.82) is 0 Å². The first-order chi connectivity index (χ1) is 4.57. The largest absolute Gasteiger partial charge is 0.502 e. The van der Waals surface area contributed by atoms with Crippen LogP contribution in [0.4, 0.5) is 0 Å². The summed E-state index contributed by atoms with van der Waals surface area (Å²) in [6.07, 6.45) is 0.494. The monoisotopic (exact) mass is 162 g/mol. The molecule has 0 heterocycles. The van der Waals surface area contributed by atoms with Crippen LogP contribution in [0.1, 0.15) is 19.8 Å². The van der Waals surface area contributed by atoms with Crippen LogP contribution in [-0.2, 0) is 4.79 Å². The summed E-state index contributed by atoms with van der Waals surface area (Å²) in [5.41, 5.74) is 0. The van der Waals surface area contributed by atoms with E-state index in [-0.39, 0.29) is 17.4 Å². The second-order valence-electron chi connectivity index (χ2n) is 2.04. The third kappa shape index (κ3) is 3.40. The highest BCUT2D eigenvalue weighted by Crippen LogP contribution is 2.08. The molecule has 0 saturated carbocycles. The Morgan fingerprint density at radius 1 is 1.60 bits per heavy atom. The van der Waals surface area contributed by atoms with Gasteiger partial charge in [0.25, 0.3) is 0 Å². The van der Waals surface area contributed by atoms with E-state index >= 15 is 0 Å². The number of carboxylic acid groups (broad SMARTS) is 1. The fourth-order valence-electron chi connectivity index (χ4n) is 0.617. The van der Waals surface area contributed by atoms with Crippen LogP contribution in [0.2, 0.25) is 0 Å². The third-order valence-corrected chi connectivity index (χ3v) is 1.60. The van der Waals surface area contributed by atoms with Crippen molar-refractivity contribution in [2.24, 2.45) is 5.92 Å². The summed E-state index contributed by atoms with van der Waals surface area (Å²) in [6.45, 7) is 1.79. The molecule has 0 radical (unpaired) electrons. The zero-order valence-corrected chi connectivity index (χ0v) is 6.52. The van der Waals surface area contributed by atoms with Crippen LogP contribution < -0.4 is 0 Å². The molecule has 10 heavy (non-hydrogen) atoms. The third-order valence-electron chi connectivity index (χ3n) is 1.26. The highest BCUT2D eigenvalue weighted by Gasteiger charge is 2.14. The standard InChI is InChI=1S/C6H10O3S/c1-2-4(6(9)10)3-5(7)8/h4H,2-3H2,1H3,(H,7,8)(H,9,10). The molecule has 0 aromatic heterocycles. The number of aliphatic hydroxyl groups is 1. The van der Waals surface area contributed by atoms with Crippen molar-refractivity contribution >= 4 is 23.2 Å². The molecule has 0 fully saturated rings. The van der Waals surface area contributed by atoms with Crippen LogP contribution in [0.15, 0.2) is 0 Å². The normalized spacial score (nSPS) is 12.5. The second-order valence-corrected chi connectivity index (χ2v) is 2.46. The number of aliphatic carboxylic acids is 1. The van der Waals surface area contributed by atoms with E-state index in [4.69, 9.17) is 10.2 Å². The van der Waals surface area contributed by atoms with E-state index in [1.54, 1.807) is 6.92 Å². The molecular weight excluding hydrogens is 152 g/mol. The van der Waals surface area contributed by atoms with Gasteiger partial charge in [0.05, 0.1) is 6.42 Å². The van der Waals surface area contributed by atoms with Gasteiger partial charge in [0, 0.05) is 5.92 Å². The molecule has 0 aliphatic heterocycles. The number of aliphatic hydroxyl groups excluding tert-OH is 1. The minimum absolute atomic E-state index is 0.0775. The van der Waals surface area contributed by atoms with Gasteiger partial charge in [0.15, 0.2) is 5.05 Å². The predicted molar refractivity (Wildman–Crippen MR) is 41.3 cm³/mol. The Hall–Kier alpha value is -0.640. The van der Waals surface area contributed by atoms with Crippen LogP contribution in [-0.4, -0.2) is 21.2 Å². The van der Waals surface area contributed by atoms with Gasteiger partial charge < -0.3 is 10.2 Å². The zero-order chi connectivity index (χ0) is 8.15. The first-order valence-corrected chi connectivity index (χ1v) is 3.43. The van der Waals surface area contributed by atoms with Gasteiger partial charge in [-0.3, -0.25) is 4.79 Å². The van der Waals surface area contributed by atoms with Crippen molar-refractivity contribution in [1.82, 2.24) is 0 Å². The smallest absolute Gasteiger partial charge is 0.304 e. The number of hydrogen-bond donors (Lipinski definition) is 2. The molecule has 4 heteroatoms. The summed E-state index contributed by atoms with van der Waals surface area (Å²) in [7, 11) is 0. The van der Waals surface area contributed by atoms with Gasteiger partial charge in [-0.1, -0.05) is 6.92 Å². The summed E-state index contributed by atoms with van der Waals surface area (Å²) in [5.74, 6) is -1.30. The predicted octanol–water partition coefficient (Wildman–Crippen LogP) is 1.37. The molecule has 0 saturated heterocycles. The lowest BCUT2D eigenvalue weighted by molar-refractivity contribution is -0.137. The molecule has 0 amide bonds. The van der Waals surface area contributed by atoms with Gasteiger partial charge in [0.2, 0.25) is 0 Å². The highest BCUT2D eigenvalue weighted by molar-refractivity contribution is 7.80. The van der Waals surface area contributed by atoms with Crippen LogP contribution in [0.3, 0.4) is 0 Å². The van der Waals surface area contributed by atoms with Gasteiger partial charge in [-0.25, -0.2) is 0 Å². The van der Waals surface area contributed by atoms with E-state index in [9.17, 15) is 4.79 Å². The average Bonchev–Trinajstić information content (AvgIpc) is 1.81. The lowest BCUT2D eigenvalue weighted by atomic mass is 10.0. The molecule has 1 unspecified atom stereocenters. The van der Waals surface area contributed by atoms with Crippen LogP contribution in [0.5, 0.6) is 0 Å². The minimum atomic E-state index is -0.928. The fourth-order valence-corrected chi connectivity index (χ4v) is 0.867. The highest BCUT2D eigenvalue weighted by atomic mass is 32.1. The van der Waals surface area contributed by atoms with Crippen molar-refractivity contribution in [2.45, 2.75) is 19.8 Å². The summed E-state index contributed by atoms with van der Waals surface area (Å²) < 4.78 is 0. The molecule has 0 aliphatic carbocycles. The van der Waals surface area contributed by atoms with E-state index in [0.717, 1.165) is 0 Å². The topological polar surface area (TPSA) is 57.5 Å². The van der Waals surface area contributed by atoms with Gasteiger partial charge in [-0.05, 0) is 18.6 Å². The van der Waals surface area contributed by atoms with Crippen LogP contribution in [0, 0.1) is 5.92 Å². The van der Waals surface area contributed by atoms with Crippen molar-refractivity contribution < 1.29 is 15.0 Å². The first-order valence-electron chi connectivity index (χ1n) is 3.02. The Balaban J connectivity index is 3.83. The Labute approximate surface area is 64.7 Å². The van der Waals surface area contributed by atoms with Crippen molar-refractivity contribution in [3.8, 4) is 0 Å². The molecular formula is C6H10O3S. The number of thiocarbonyl (C=S) groups is 1. The summed E-state index contributed by atoms with van der Waals surface area (Å²) in [5, 5.41) is 16.8. The molecule has 1 atom stereocenters. The minimum Gasteiger partial charge on any atom is -0.502 e. The Morgan fingerprint density at radius 3 is 2.20 bits per heavy atom. The lowest BCUT2D eigenvalue weighted by Gasteiger charge is -2.06. The van der Waals surface area contributed by atoms with E-state index in [0.29, 0.717) is 6.42 Å². The molecule has 0 spiro atoms. The summed E-state index contributed by atoms with van der Waals surface area (Å²) in [4.78, 5) is 10.1. The molecule has 3 nitrogen and oxygen atoms in total. The lowest BCUT2D eigenvalue weighted by Crippen LogP contribution is -2.14. The Morgan fingerprint density at radius 2 is 2.10 bits per heavy atom. The summed E-state index contributed by atoms with van der Waals surface area (Å²) in [6, 6.07) is 0. The van der Waals surface area contributed by atoms with E-state index in [2.05, 4.69) is 12.2 Å². The molecule has 0 aromatic carbocycles. The molecule has 0 rings (SSSR count). The maximum atomic E-state index is 10.1. The number of hydrogen-bond acceptors (Lipinski definition) is 2. The number of carboxylic acids is 1. The molecule has 0 aromatic rings. The van der Waals surface area contributed by atoms with Gasteiger partial charge in [-0.15, -0.1) is 0 Å². The summed E-state index contributed by atoms with van der Waals surface area (Å²) >= 11 is 4.43. The van der Waals surface area contributed by atoms with Crippen LogP contribution in [0.25, 0.3) is 0 Å². The molecule has 2 N–H and O–H groups in total. The average molecular weight is 162 g/mol. The molecule has 0 aliphatic rings. The van der Waals surface area contributed by atoms with Gasteiger partial charge >= 0.3 is 5.97 Å². The van der Waals surface area contributed by atoms with Gasteiger partial charge in [-0.2, -0.15) is 0 Å². The number of rotatable bonds is 4. The Kier molecular flexibility index (Phi) is 3.95. The van der Waals surface area contributed by atoms with Crippen molar-refractivity contribution in [3.05, 3.63) is 0 Å². The van der Waals surface area contributed by atoms with Crippen LogP contribution >= 0.6 is 12.2 Å². The molecule has 58 valence electrons. The maximum Gasteiger partial charge on any atom is 0.304 e. The van der Waals surface area contributed by atoms with E-state index < -0.39 is 5.97 Å². The first kappa shape index (κ1) is 9.36. The maximum absolute atomic E-state index is 10.1. The second kappa shape index (κ2) is 4.22. The van der Waals surface area contributed by atoms with E-state index in [1.807, 2.05) is 0 Å². The molecule has 0 bridgehead atoms. The van der Waals surface area contributed by atoms with Crippen molar-refractivity contribution in [2.75, 3.05) is 0 Å². The van der Waals surface area contributed by atoms with Gasteiger partial charge in [0.1, 0.15) is 0 Å². The zero-order valence-electron chi connectivity index (χ0n) is 5.70. The van der Waals surface area contributed by atoms with E-state index in [1.165, 1.54) is 0 Å². The SMILES string of the molecule is CCC(CC(=O)O)C(O)=S. The quantitative estimate of drug-likeness (QED) is 0.613. The Bertz CT molecular complexity index is 144. The fraction of sp³-hybridized carbons (Fsp3) is 0.667. The number of carbonyl (C=O) groups is 1. The van der Waals surface area contributed by atoms with Crippen molar-refractivity contribution in [3.63, 3.8) is 0 Å².